The van der Waals surface area contributed by atoms with Crippen LogP contribution < -0.4 is 10.5 Å². The van der Waals surface area contributed by atoms with E-state index in [1.165, 1.54) is 36.2 Å². The molecule has 1 aromatic carbocycles. The number of alkyl halides is 2. The highest BCUT2D eigenvalue weighted by Crippen LogP contribution is 2.38. The Hall–Kier alpha value is -2.11. The number of hydrogen-bond acceptors (Lipinski definition) is 3. The van der Waals surface area contributed by atoms with E-state index in [2.05, 4.69) is 5.10 Å². The third kappa shape index (κ3) is 2.38. The quantitative estimate of drug-likeness (QED) is 0.930. The molecule has 0 aliphatic carbocycles. The van der Waals surface area contributed by atoms with E-state index in [1.54, 1.807) is 7.05 Å². The van der Waals surface area contributed by atoms with Crippen molar-refractivity contribution in [1.82, 2.24) is 9.78 Å². The van der Waals surface area contributed by atoms with Crippen molar-refractivity contribution in [1.29, 1.82) is 0 Å². The van der Waals surface area contributed by atoms with E-state index in [1.807, 2.05) is 0 Å². The summed E-state index contributed by atoms with van der Waals surface area (Å²) in [6.45, 7) is 0.852. The number of benzene rings is 1. The fraction of sp³-hybridized carbons (Fsp3) is 0.308. The van der Waals surface area contributed by atoms with Gasteiger partial charge in [0.1, 0.15) is 11.6 Å². The molecule has 0 saturated heterocycles. The molecule has 2 N–H and O–H groups in total. The lowest BCUT2D eigenvalue weighted by atomic mass is 10.0. The number of ether oxygens (including phenoxy) is 1. The van der Waals surface area contributed by atoms with Crippen LogP contribution in [-0.4, -0.2) is 16.9 Å². The van der Waals surface area contributed by atoms with Gasteiger partial charge in [-0.25, -0.2) is 8.78 Å². The monoisotopic (exact) mass is 267 g/mol. The largest absolute Gasteiger partial charge is 0.496 e. The zero-order valence-electron chi connectivity index (χ0n) is 10.9. The van der Waals surface area contributed by atoms with Gasteiger partial charge in [-0.2, -0.15) is 5.10 Å². The number of nitrogen functional groups attached to an aromatic ring is 1. The minimum absolute atomic E-state index is 0.0912. The van der Waals surface area contributed by atoms with Gasteiger partial charge in [-0.3, -0.25) is 4.68 Å². The molecule has 0 unspecified atom stereocenters. The van der Waals surface area contributed by atoms with Crippen molar-refractivity contribution in [2.75, 3.05) is 12.8 Å². The van der Waals surface area contributed by atoms with E-state index in [4.69, 9.17) is 10.5 Å². The maximum absolute atomic E-state index is 13.4. The van der Waals surface area contributed by atoms with Crippen LogP contribution in [0.5, 0.6) is 5.75 Å². The van der Waals surface area contributed by atoms with E-state index >= 15 is 0 Å². The van der Waals surface area contributed by atoms with Crippen molar-refractivity contribution >= 4 is 5.82 Å². The number of aromatic nitrogens is 2. The van der Waals surface area contributed by atoms with Gasteiger partial charge in [0.2, 0.25) is 0 Å². The molecule has 19 heavy (non-hydrogen) atoms. The maximum Gasteiger partial charge on any atom is 0.270 e. The normalized spacial score (nSPS) is 11.6. The Morgan fingerprint density at radius 1 is 1.32 bits per heavy atom. The third-order valence-electron chi connectivity index (χ3n) is 2.98. The van der Waals surface area contributed by atoms with Crippen LogP contribution in [-0.2, 0) is 13.0 Å². The fourth-order valence-electron chi connectivity index (χ4n) is 1.85. The van der Waals surface area contributed by atoms with Crippen LogP contribution in [0.2, 0.25) is 0 Å². The lowest BCUT2D eigenvalue weighted by Crippen LogP contribution is -2.07. The summed E-state index contributed by atoms with van der Waals surface area (Å²) in [5, 5.41) is 4.01. The van der Waals surface area contributed by atoms with Crippen LogP contribution in [0.25, 0.3) is 11.1 Å². The number of hydrogen-bond donors (Lipinski definition) is 1. The van der Waals surface area contributed by atoms with Crippen LogP contribution in [0.1, 0.15) is 12.5 Å². The smallest absolute Gasteiger partial charge is 0.270 e. The number of anilines is 1. The van der Waals surface area contributed by atoms with E-state index < -0.39 is 5.92 Å². The second-order valence-electron chi connectivity index (χ2n) is 4.37. The predicted octanol–water partition coefficient (Wildman–Crippen LogP) is 2.79. The van der Waals surface area contributed by atoms with Crippen LogP contribution in [0.3, 0.4) is 0 Å². The van der Waals surface area contributed by atoms with Crippen molar-refractivity contribution in [3.05, 3.63) is 30.0 Å². The van der Waals surface area contributed by atoms with Gasteiger partial charge in [-0.1, -0.05) is 0 Å². The second-order valence-corrected chi connectivity index (χ2v) is 4.37. The molecule has 0 fully saturated rings. The minimum Gasteiger partial charge on any atom is -0.496 e. The molecule has 1 heterocycles. The summed E-state index contributed by atoms with van der Waals surface area (Å²) in [7, 11) is 3.17. The fourth-order valence-corrected chi connectivity index (χ4v) is 1.85. The Bertz CT molecular complexity index is 602. The lowest BCUT2D eigenvalue weighted by molar-refractivity contribution is 0.0175. The van der Waals surface area contributed by atoms with Gasteiger partial charge in [-0.05, 0) is 18.2 Å². The Kier molecular flexibility index (Phi) is 3.18. The first-order chi connectivity index (χ1) is 8.84. The van der Waals surface area contributed by atoms with Gasteiger partial charge in [0.25, 0.3) is 5.92 Å². The summed E-state index contributed by atoms with van der Waals surface area (Å²) in [5.74, 6) is -2.04. The molecule has 0 amide bonds. The molecule has 0 saturated carbocycles. The Balaban J connectivity index is 2.63. The molecular weight excluding hydrogens is 252 g/mol. The SMILES string of the molecule is COc1ccc(C(C)(F)F)cc1-c1cnn(C)c1N. The van der Waals surface area contributed by atoms with Gasteiger partial charge >= 0.3 is 0 Å². The average Bonchev–Trinajstić information content (AvgIpc) is 2.68. The van der Waals surface area contributed by atoms with Gasteiger partial charge in [0.05, 0.1) is 13.3 Å². The number of rotatable bonds is 3. The number of aryl methyl sites for hydroxylation is 1. The summed E-state index contributed by atoms with van der Waals surface area (Å²) in [5.41, 5.74) is 6.86. The molecule has 0 atom stereocenters. The molecule has 102 valence electrons. The van der Waals surface area contributed by atoms with Crippen LogP contribution in [0.4, 0.5) is 14.6 Å². The predicted molar refractivity (Wildman–Crippen MR) is 69.2 cm³/mol. The topological polar surface area (TPSA) is 53.1 Å². The van der Waals surface area contributed by atoms with Gasteiger partial charge < -0.3 is 10.5 Å². The van der Waals surface area contributed by atoms with Crippen molar-refractivity contribution in [2.45, 2.75) is 12.8 Å². The Labute approximate surface area is 109 Å². The van der Waals surface area contributed by atoms with Crippen LogP contribution in [0.15, 0.2) is 24.4 Å². The Morgan fingerprint density at radius 3 is 2.47 bits per heavy atom. The van der Waals surface area contributed by atoms with E-state index in [0.29, 0.717) is 22.7 Å². The molecule has 2 aromatic rings. The highest BCUT2D eigenvalue weighted by Gasteiger charge is 2.26. The highest BCUT2D eigenvalue weighted by atomic mass is 19.3. The molecule has 4 nitrogen and oxygen atoms in total. The molecule has 2 rings (SSSR count). The molecule has 0 radical (unpaired) electrons. The zero-order chi connectivity index (χ0) is 14.2. The first-order valence-corrected chi connectivity index (χ1v) is 5.68. The molecule has 0 bridgehead atoms. The number of halogens is 2. The summed E-state index contributed by atoms with van der Waals surface area (Å²) >= 11 is 0. The third-order valence-corrected chi connectivity index (χ3v) is 2.98. The van der Waals surface area contributed by atoms with E-state index in [0.717, 1.165) is 6.92 Å². The Morgan fingerprint density at radius 2 is 2.00 bits per heavy atom. The zero-order valence-corrected chi connectivity index (χ0v) is 10.9. The molecule has 0 aliphatic rings. The first kappa shape index (κ1) is 13.3. The summed E-state index contributed by atoms with van der Waals surface area (Å²) in [4.78, 5) is 0. The maximum atomic E-state index is 13.4. The molecule has 0 spiro atoms. The second kappa shape index (κ2) is 4.53. The van der Waals surface area contributed by atoms with Gasteiger partial charge in [0, 0.05) is 30.7 Å². The van der Waals surface area contributed by atoms with Crippen molar-refractivity contribution in [3.8, 4) is 16.9 Å². The van der Waals surface area contributed by atoms with Crippen molar-refractivity contribution < 1.29 is 13.5 Å². The minimum atomic E-state index is -2.92. The van der Waals surface area contributed by atoms with Gasteiger partial charge in [0.15, 0.2) is 0 Å². The van der Waals surface area contributed by atoms with Crippen molar-refractivity contribution in [3.63, 3.8) is 0 Å². The average molecular weight is 267 g/mol. The molecule has 1 aromatic heterocycles. The lowest BCUT2D eigenvalue weighted by Gasteiger charge is -2.14. The summed E-state index contributed by atoms with van der Waals surface area (Å²) in [6.07, 6.45) is 1.53. The summed E-state index contributed by atoms with van der Waals surface area (Å²) < 4.78 is 33.5. The summed E-state index contributed by atoms with van der Waals surface area (Å²) in [6, 6.07) is 4.23. The van der Waals surface area contributed by atoms with Gasteiger partial charge in [-0.15, -0.1) is 0 Å². The van der Waals surface area contributed by atoms with Crippen molar-refractivity contribution in [2.24, 2.45) is 7.05 Å². The molecule has 0 aliphatic heterocycles. The number of nitrogens with two attached hydrogens (primary N) is 1. The first-order valence-electron chi connectivity index (χ1n) is 5.68. The molecule has 6 heteroatoms. The number of methoxy groups -OCH3 is 1. The highest BCUT2D eigenvalue weighted by molar-refractivity contribution is 5.78. The standard InChI is InChI=1S/C13H15F2N3O/c1-13(14,15)8-4-5-11(19-3)9(6-8)10-7-17-18(2)12(10)16/h4-7H,16H2,1-3H3. The van der Waals surface area contributed by atoms with Crippen LogP contribution in [0, 0.1) is 0 Å². The van der Waals surface area contributed by atoms with Crippen LogP contribution >= 0.6 is 0 Å². The number of nitrogens with zero attached hydrogens (tertiary/aromatic N) is 2. The van der Waals surface area contributed by atoms with E-state index in [9.17, 15) is 8.78 Å². The molecular formula is C13H15F2N3O. The van der Waals surface area contributed by atoms with E-state index in [-0.39, 0.29) is 5.56 Å².